The lowest BCUT2D eigenvalue weighted by Crippen LogP contribution is -2.55. The van der Waals surface area contributed by atoms with E-state index in [0.29, 0.717) is 41.9 Å². The Hall–Kier alpha value is -2.13. The number of urea groups is 1. The Morgan fingerprint density at radius 2 is 1.91 bits per heavy atom. The summed E-state index contributed by atoms with van der Waals surface area (Å²) in [7, 11) is 1.61. The molecule has 0 aromatic heterocycles. The van der Waals surface area contributed by atoms with Crippen molar-refractivity contribution < 1.29 is 14.3 Å². The fourth-order valence-corrected chi connectivity index (χ4v) is 6.11. The predicted octanol–water partition coefficient (Wildman–Crippen LogP) is 4.39. The van der Waals surface area contributed by atoms with E-state index in [2.05, 4.69) is 16.0 Å². The third-order valence-electron chi connectivity index (χ3n) is 6.19. The van der Waals surface area contributed by atoms with Crippen LogP contribution in [-0.4, -0.2) is 60.2 Å². The Balaban J connectivity index is 1.21. The molecule has 0 radical (unpaired) electrons. The van der Waals surface area contributed by atoms with Crippen LogP contribution in [0.25, 0.3) is 0 Å². The lowest BCUT2D eigenvalue weighted by Gasteiger charge is -2.39. The van der Waals surface area contributed by atoms with E-state index in [-0.39, 0.29) is 22.9 Å². The van der Waals surface area contributed by atoms with Gasteiger partial charge in [-0.05, 0) is 61.2 Å². The van der Waals surface area contributed by atoms with Crippen LogP contribution in [0.2, 0.25) is 10.0 Å². The molecule has 182 valence electrons. The molecule has 0 aliphatic carbocycles. The number of carbonyl (C=O) groups is 2. The lowest BCUT2D eigenvalue weighted by atomic mass is 10.0. The number of rotatable bonds is 6. The molecule has 2 saturated heterocycles. The van der Waals surface area contributed by atoms with Gasteiger partial charge in [-0.1, -0.05) is 29.3 Å². The molecule has 1 atom stereocenters. The number of ether oxygens (including phenoxy) is 1. The first-order valence-electron chi connectivity index (χ1n) is 11.2. The Labute approximate surface area is 213 Å². The highest BCUT2D eigenvalue weighted by atomic mass is 35.5. The van der Waals surface area contributed by atoms with E-state index in [9.17, 15) is 9.59 Å². The van der Waals surface area contributed by atoms with E-state index in [1.807, 2.05) is 35.2 Å². The number of amides is 3. The fraction of sp³-hybridized carbons (Fsp3) is 0.417. The van der Waals surface area contributed by atoms with Crippen LogP contribution < -0.4 is 20.7 Å². The fourth-order valence-electron chi connectivity index (χ4n) is 4.19. The van der Waals surface area contributed by atoms with Gasteiger partial charge in [0.2, 0.25) is 5.91 Å². The molecule has 2 heterocycles. The summed E-state index contributed by atoms with van der Waals surface area (Å²) in [6.07, 6.45) is 2.22. The standard InChI is InChI=1S/C24H28Cl2N4O3S/c1-33-19-6-4-18(5-7-19)28-23(32)30-12-9-24(10-13-30)29-21(15-34-24)22(31)27-11-8-16-2-3-17(25)14-20(16)26/h2-7,14,21,29H,8-13,15H2,1H3,(H,27,31)(H,28,32). The molecule has 0 bridgehead atoms. The minimum absolute atomic E-state index is 0.00543. The molecule has 0 saturated carbocycles. The summed E-state index contributed by atoms with van der Waals surface area (Å²) in [5.74, 6) is 1.45. The van der Waals surface area contributed by atoms with Crippen molar-refractivity contribution in [1.82, 2.24) is 15.5 Å². The average Bonchev–Trinajstić information content (AvgIpc) is 3.25. The van der Waals surface area contributed by atoms with E-state index in [0.717, 1.165) is 29.8 Å². The van der Waals surface area contributed by atoms with Gasteiger partial charge in [0.1, 0.15) is 5.75 Å². The molecule has 2 aromatic rings. The number of nitrogens with zero attached hydrogens (tertiary/aromatic N) is 1. The molecule has 3 N–H and O–H groups in total. The molecule has 3 amide bonds. The number of nitrogens with one attached hydrogen (secondary N) is 3. The Morgan fingerprint density at radius 1 is 1.18 bits per heavy atom. The van der Waals surface area contributed by atoms with Crippen molar-refractivity contribution in [3.8, 4) is 5.75 Å². The van der Waals surface area contributed by atoms with E-state index >= 15 is 0 Å². The van der Waals surface area contributed by atoms with Gasteiger partial charge in [-0.3, -0.25) is 10.1 Å². The number of hydrogen-bond donors (Lipinski definition) is 3. The highest BCUT2D eigenvalue weighted by Crippen LogP contribution is 2.39. The highest BCUT2D eigenvalue weighted by Gasteiger charge is 2.44. The summed E-state index contributed by atoms with van der Waals surface area (Å²) in [5, 5.41) is 10.7. The molecule has 2 aliphatic rings. The first kappa shape index (κ1) is 25.0. The van der Waals surface area contributed by atoms with Crippen LogP contribution in [-0.2, 0) is 11.2 Å². The van der Waals surface area contributed by atoms with Crippen LogP contribution in [0.15, 0.2) is 42.5 Å². The summed E-state index contributed by atoms with van der Waals surface area (Å²) < 4.78 is 5.15. The molecule has 2 aliphatic heterocycles. The Kier molecular flexibility index (Phi) is 8.14. The van der Waals surface area contributed by atoms with Crippen molar-refractivity contribution in [2.24, 2.45) is 0 Å². The molecule has 2 aromatic carbocycles. The van der Waals surface area contributed by atoms with Gasteiger partial charge in [0, 0.05) is 41.1 Å². The van der Waals surface area contributed by atoms with Crippen molar-refractivity contribution in [3.05, 3.63) is 58.1 Å². The molecule has 1 unspecified atom stereocenters. The third kappa shape index (κ3) is 6.10. The second-order valence-corrected chi connectivity index (χ2v) is 10.7. The van der Waals surface area contributed by atoms with Gasteiger partial charge < -0.3 is 20.3 Å². The van der Waals surface area contributed by atoms with Crippen molar-refractivity contribution in [2.75, 3.05) is 37.8 Å². The van der Waals surface area contributed by atoms with Crippen LogP contribution in [0.3, 0.4) is 0 Å². The summed E-state index contributed by atoms with van der Waals surface area (Å²) >= 11 is 13.9. The van der Waals surface area contributed by atoms with Crippen LogP contribution in [0.5, 0.6) is 5.75 Å². The van der Waals surface area contributed by atoms with Crippen molar-refractivity contribution >= 4 is 52.6 Å². The van der Waals surface area contributed by atoms with E-state index < -0.39 is 0 Å². The van der Waals surface area contributed by atoms with Crippen LogP contribution >= 0.6 is 35.0 Å². The second-order valence-electron chi connectivity index (χ2n) is 8.42. The highest BCUT2D eigenvalue weighted by molar-refractivity contribution is 8.01. The normalized spacial score (nSPS) is 19.1. The molecular formula is C24H28Cl2N4O3S. The van der Waals surface area contributed by atoms with Gasteiger partial charge in [-0.15, -0.1) is 11.8 Å². The van der Waals surface area contributed by atoms with Crippen molar-refractivity contribution in [3.63, 3.8) is 0 Å². The first-order chi connectivity index (χ1) is 16.4. The molecule has 2 fully saturated rings. The van der Waals surface area contributed by atoms with Crippen LogP contribution in [0.1, 0.15) is 18.4 Å². The van der Waals surface area contributed by atoms with Crippen molar-refractivity contribution in [2.45, 2.75) is 30.2 Å². The minimum atomic E-state index is -0.245. The maximum absolute atomic E-state index is 12.7. The summed E-state index contributed by atoms with van der Waals surface area (Å²) in [6.45, 7) is 1.77. The molecule has 7 nitrogen and oxygen atoms in total. The minimum Gasteiger partial charge on any atom is -0.497 e. The zero-order chi connectivity index (χ0) is 24.1. The number of benzene rings is 2. The van der Waals surface area contributed by atoms with Crippen molar-refractivity contribution in [1.29, 1.82) is 0 Å². The van der Waals surface area contributed by atoms with Gasteiger partial charge in [-0.25, -0.2) is 4.79 Å². The van der Waals surface area contributed by atoms with Gasteiger partial charge in [0.25, 0.3) is 0 Å². The zero-order valence-electron chi connectivity index (χ0n) is 18.9. The van der Waals surface area contributed by atoms with Gasteiger partial charge in [0.05, 0.1) is 18.0 Å². The number of piperidine rings is 1. The van der Waals surface area contributed by atoms with E-state index in [1.54, 1.807) is 31.0 Å². The molecule has 1 spiro atoms. The number of anilines is 1. The number of methoxy groups -OCH3 is 1. The summed E-state index contributed by atoms with van der Waals surface area (Å²) in [4.78, 5) is 27.0. The quantitative estimate of drug-likeness (QED) is 0.523. The van der Waals surface area contributed by atoms with Gasteiger partial charge in [-0.2, -0.15) is 0 Å². The number of thioether (sulfide) groups is 1. The third-order valence-corrected chi connectivity index (χ3v) is 8.35. The van der Waals surface area contributed by atoms with Crippen LogP contribution in [0, 0.1) is 0 Å². The molecule has 10 heteroatoms. The Morgan fingerprint density at radius 3 is 2.59 bits per heavy atom. The molecule has 34 heavy (non-hydrogen) atoms. The maximum Gasteiger partial charge on any atom is 0.321 e. The Bertz CT molecular complexity index is 1030. The van der Waals surface area contributed by atoms with Gasteiger partial charge in [0.15, 0.2) is 0 Å². The number of hydrogen-bond acceptors (Lipinski definition) is 5. The number of halogens is 2. The van der Waals surface area contributed by atoms with E-state index in [4.69, 9.17) is 27.9 Å². The number of likely N-dealkylation sites (tertiary alicyclic amines) is 1. The topological polar surface area (TPSA) is 82.7 Å². The summed E-state index contributed by atoms with van der Waals surface area (Å²) in [6, 6.07) is 12.3. The monoisotopic (exact) mass is 522 g/mol. The smallest absolute Gasteiger partial charge is 0.321 e. The number of carbonyl (C=O) groups excluding carboxylic acids is 2. The first-order valence-corrected chi connectivity index (χ1v) is 12.9. The van der Waals surface area contributed by atoms with Crippen LogP contribution in [0.4, 0.5) is 10.5 Å². The zero-order valence-corrected chi connectivity index (χ0v) is 21.2. The molecule has 4 rings (SSSR count). The average molecular weight is 523 g/mol. The maximum atomic E-state index is 12.7. The largest absolute Gasteiger partial charge is 0.497 e. The molecular weight excluding hydrogens is 495 g/mol. The predicted molar refractivity (Wildman–Crippen MR) is 138 cm³/mol. The SMILES string of the molecule is COc1ccc(NC(=O)N2CCC3(CC2)NC(C(=O)NCCc2ccc(Cl)cc2Cl)CS3)cc1. The van der Waals surface area contributed by atoms with E-state index in [1.165, 1.54) is 0 Å². The van der Waals surface area contributed by atoms with Gasteiger partial charge >= 0.3 is 6.03 Å². The summed E-state index contributed by atoms with van der Waals surface area (Å²) in [5.41, 5.74) is 1.69. The second kappa shape index (κ2) is 11.1. The lowest BCUT2D eigenvalue weighted by molar-refractivity contribution is -0.122.